The summed E-state index contributed by atoms with van der Waals surface area (Å²) in [4.78, 5) is 12.8. The van der Waals surface area contributed by atoms with Crippen molar-refractivity contribution in [2.45, 2.75) is 10.4 Å². The summed E-state index contributed by atoms with van der Waals surface area (Å²) in [7, 11) is 1.67. The first-order valence-electron chi connectivity index (χ1n) is 6.45. The maximum atomic E-state index is 11.8. The Morgan fingerprint density at radius 3 is 2.52 bits per heavy atom. The Kier molecular flexibility index (Phi) is 5.28. The second-order valence-corrected chi connectivity index (χ2v) is 6.06. The molecule has 1 unspecified atom stereocenters. The molecule has 2 aromatic carbocycles. The van der Waals surface area contributed by atoms with Crippen LogP contribution in [-0.4, -0.2) is 23.9 Å². The molecular weight excluding hydrogens is 306 g/mol. The molecule has 21 heavy (non-hydrogen) atoms. The van der Waals surface area contributed by atoms with Gasteiger partial charge in [-0.2, -0.15) is 0 Å². The zero-order valence-corrected chi connectivity index (χ0v) is 13.1. The molecule has 0 heterocycles. The topological polar surface area (TPSA) is 49.3 Å². The predicted octanol–water partition coefficient (Wildman–Crippen LogP) is 3.63. The quantitative estimate of drug-likeness (QED) is 0.798. The second-order valence-electron chi connectivity index (χ2n) is 4.57. The smallest absolute Gasteiger partial charge is 0.329 e. The van der Waals surface area contributed by atoms with Crippen LogP contribution < -0.4 is 5.32 Å². The molecule has 3 nitrogen and oxygen atoms in total. The van der Waals surface area contributed by atoms with Crippen LogP contribution in [-0.2, 0) is 10.3 Å². The largest absolute Gasteiger partial charge is 0.480 e. The van der Waals surface area contributed by atoms with Crippen molar-refractivity contribution in [3.63, 3.8) is 0 Å². The van der Waals surface area contributed by atoms with Gasteiger partial charge in [0.15, 0.2) is 5.54 Å². The van der Waals surface area contributed by atoms with Gasteiger partial charge in [0, 0.05) is 15.7 Å². The van der Waals surface area contributed by atoms with Gasteiger partial charge >= 0.3 is 5.97 Å². The van der Waals surface area contributed by atoms with Crippen LogP contribution in [0.3, 0.4) is 0 Å². The lowest BCUT2D eigenvalue weighted by Gasteiger charge is -2.29. The van der Waals surface area contributed by atoms with E-state index in [-0.39, 0.29) is 0 Å². The summed E-state index contributed by atoms with van der Waals surface area (Å²) in [6, 6.07) is 16.6. The predicted molar refractivity (Wildman–Crippen MR) is 87.0 cm³/mol. The lowest BCUT2D eigenvalue weighted by Crippen LogP contribution is -2.49. The Labute approximate surface area is 133 Å². The molecule has 0 aromatic heterocycles. The molecule has 110 valence electrons. The van der Waals surface area contributed by atoms with E-state index in [0.717, 1.165) is 10.5 Å². The standard InChI is InChI=1S/C16H16ClNO2S/c1-18-16(15(19)20,12-6-3-2-4-7-12)11-21-14-9-5-8-13(17)10-14/h2-10,18H,11H2,1H3,(H,19,20). The molecule has 2 aromatic rings. The summed E-state index contributed by atoms with van der Waals surface area (Å²) in [5, 5.41) is 13.3. The molecule has 0 fully saturated rings. The summed E-state index contributed by atoms with van der Waals surface area (Å²) in [5.41, 5.74) is -0.400. The molecule has 0 aliphatic heterocycles. The Hall–Kier alpha value is -1.49. The van der Waals surface area contributed by atoms with Crippen molar-refractivity contribution in [2.75, 3.05) is 12.8 Å². The normalized spacial score (nSPS) is 13.6. The Morgan fingerprint density at radius 2 is 1.95 bits per heavy atom. The number of hydrogen-bond acceptors (Lipinski definition) is 3. The number of rotatable bonds is 6. The SMILES string of the molecule is CNC(CSc1cccc(Cl)c1)(C(=O)O)c1ccccc1. The molecular formula is C16H16ClNO2S. The summed E-state index contributed by atoms with van der Waals surface area (Å²) < 4.78 is 0. The van der Waals surface area contributed by atoms with Crippen molar-refractivity contribution in [1.29, 1.82) is 0 Å². The van der Waals surface area contributed by atoms with E-state index in [1.165, 1.54) is 11.8 Å². The maximum Gasteiger partial charge on any atom is 0.329 e. The Morgan fingerprint density at radius 1 is 1.24 bits per heavy atom. The van der Waals surface area contributed by atoms with E-state index in [1.807, 2.05) is 48.5 Å². The number of carbonyl (C=O) groups is 1. The number of thioether (sulfide) groups is 1. The van der Waals surface area contributed by atoms with Gasteiger partial charge in [-0.1, -0.05) is 48.0 Å². The fourth-order valence-electron chi connectivity index (χ4n) is 2.06. The van der Waals surface area contributed by atoms with E-state index in [9.17, 15) is 9.90 Å². The van der Waals surface area contributed by atoms with Gasteiger partial charge in [0.1, 0.15) is 0 Å². The fourth-order valence-corrected chi connectivity index (χ4v) is 3.52. The van der Waals surface area contributed by atoms with Crippen LogP contribution in [0.25, 0.3) is 0 Å². The molecule has 5 heteroatoms. The minimum Gasteiger partial charge on any atom is -0.480 e. The van der Waals surface area contributed by atoms with Crippen molar-refractivity contribution < 1.29 is 9.90 Å². The van der Waals surface area contributed by atoms with Gasteiger partial charge in [0.25, 0.3) is 0 Å². The van der Waals surface area contributed by atoms with Gasteiger partial charge < -0.3 is 10.4 Å². The van der Waals surface area contributed by atoms with Crippen molar-refractivity contribution >= 4 is 29.3 Å². The van der Waals surface area contributed by atoms with Gasteiger partial charge in [-0.3, -0.25) is 0 Å². The minimum atomic E-state index is -1.13. The van der Waals surface area contributed by atoms with Crippen LogP contribution in [0.1, 0.15) is 5.56 Å². The molecule has 0 amide bonds. The lowest BCUT2D eigenvalue weighted by atomic mass is 9.92. The van der Waals surface area contributed by atoms with E-state index < -0.39 is 11.5 Å². The van der Waals surface area contributed by atoms with Gasteiger partial charge in [0.2, 0.25) is 0 Å². The molecule has 1 atom stereocenters. The highest BCUT2D eigenvalue weighted by atomic mass is 35.5. The average Bonchev–Trinajstić information content (AvgIpc) is 2.49. The highest BCUT2D eigenvalue weighted by Gasteiger charge is 2.38. The summed E-state index contributed by atoms with van der Waals surface area (Å²) >= 11 is 7.42. The van der Waals surface area contributed by atoms with Crippen LogP contribution in [0.15, 0.2) is 59.5 Å². The number of likely N-dealkylation sites (N-methyl/N-ethyl adjacent to an activating group) is 1. The van der Waals surface area contributed by atoms with E-state index in [4.69, 9.17) is 11.6 Å². The number of carboxylic acids is 1. The third kappa shape index (κ3) is 3.59. The number of carboxylic acid groups (broad SMARTS) is 1. The van der Waals surface area contributed by atoms with Gasteiger partial charge in [-0.05, 0) is 30.8 Å². The third-order valence-corrected chi connectivity index (χ3v) is 4.71. The highest BCUT2D eigenvalue weighted by Crippen LogP contribution is 2.31. The van der Waals surface area contributed by atoms with Crippen LogP contribution >= 0.6 is 23.4 Å². The average molecular weight is 322 g/mol. The first-order chi connectivity index (χ1) is 10.1. The van der Waals surface area contributed by atoms with Gasteiger partial charge in [-0.25, -0.2) is 4.79 Å². The number of aliphatic carboxylic acids is 1. The van der Waals surface area contributed by atoms with Crippen molar-refractivity contribution in [1.82, 2.24) is 5.32 Å². The first kappa shape index (κ1) is 15.9. The number of benzene rings is 2. The van der Waals surface area contributed by atoms with Crippen LogP contribution in [0.5, 0.6) is 0 Å². The molecule has 2 N–H and O–H groups in total. The fraction of sp³-hybridized carbons (Fsp3) is 0.188. The van der Waals surface area contributed by atoms with Crippen LogP contribution in [0.2, 0.25) is 5.02 Å². The van der Waals surface area contributed by atoms with Gasteiger partial charge in [-0.15, -0.1) is 11.8 Å². The molecule has 0 aliphatic carbocycles. The summed E-state index contributed by atoms with van der Waals surface area (Å²) in [6.45, 7) is 0. The molecule has 2 rings (SSSR count). The van der Waals surface area contributed by atoms with E-state index in [1.54, 1.807) is 13.1 Å². The zero-order chi connectivity index (χ0) is 15.3. The van der Waals surface area contributed by atoms with Crippen molar-refractivity contribution in [3.8, 4) is 0 Å². The zero-order valence-electron chi connectivity index (χ0n) is 11.5. The third-order valence-electron chi connectivity index (χ3n) is 3.31. The number of nitrogens with one attached hydrogen (secondary N) is 1. The highest BCUT2D eigenvalue weighted by molar-refractivity contribution is 7.99. The van der Waals surface area contributed by atoms with Crippen molar-refractivity contribution in [2.24, 2.45) is 0 Å². The number of hydrogen-bond donors (Lipinski definition) is 2. The van der Waals surface area contributed by atoms with Gasteiger partial charge in [0.05, 0.1) is 0 Å². The first-order valence-corrected chi connectivity index (χ1v) is 7.81. The molecule has 0 saturated carbocycles. The maximum absolute atomic E-state index is 11.8. The molecule has 0 saturated heterocycles. The molecule has 0 radical (unpaired) electrons. The molecule has 0 bridgehead atoms. The molecule has 0 spiro atoms. The molecule has 0 aliphatic rings. The Bertz CT molecular complexity index is 621. The van der Waals surface area contributed by atoms with Crippen molar-refractivity contribution in [3.05, 3.63) is 65.2 Å². The lowest BCUT2D eigenvalue weighted by molar-refractivity contribution is -0.144. The van der Waals surface area contributed by atoms with Crippen LogP contribution in [0.4, 0.5) is 0 Å². The summed E-state index contributed by atoms with van der Waals surface area (Å²) in [6.07, 6.45) is 0. The second kappa shape index (κ2) is 6.98. The van der Waals surface area contributed by atoms with Crippen LogP contribution in [0, 0.1) is 0 Å². The minimum absolute atomic E-state index is 0.364. The van der Waals surface area contributed by atoms with E-state index in [2.05, 4.69) is 5.32 Å². The monoisotopic (exact) mass is 321 g/mol. The number of halogens is 1. The van der Waals surface area contributed by atoms with E-state index >= 15 is 0 Å². The van der Waals surface area contributed by atoms with E-state index in [0.29, 0.717) is 10.8 Å². The Balaban J connectivity index is 2.27. The summed E-state index contributed by atoms with van der Waals surface area (Å²) in [5.74, 6) is -0.533.